The molecule has 3 rings (SSSR count). The molecule has 0 aliphatic carbocycles. The lowest BCUT2D eigenvalue weighted by Crippen LogP contribution is -2.33. The summed E-state index contributed by atoms with van der Waals surface area (Å²) in [5.74, 6) is 1.09. The van der Waals surface area contributed by atoms with Crippen LogP contribution < -0.4 is 20.4 Å². The molecule has 1 aliphatic heterocycles. The Hall–Kier alpha value is -2.68. The van der Waals surface area contributed by atoms with Crippen molar-refractivity contribution in [2.75, 3.05) is 42.3 Å². The highest BCUT2D eigenvalue weighted by Crippen LogP contribution is 2.20. The second kappa shape index (κ2) is 9.01. The van der Waals surface area contributed by atoms with Gasteiger partial charge in [0.1, 0.15) is 5.82 Å². The first-order chi connectivity index (χ1) is 13.4. The molecule has 0 bridgehead atoms. The third-order valence-electron chi connectivity index (χ3n) is 4.28. The number of benzene rings is 1. The van der Waals surface area contributed by atoms with E-state index in [1.54, 1.807) is 4.90 Å². The van der Waals surface area contributed by atoms with Gasteiger partial charge in [0.2, 0.25) is 11.9 Å². The summed E-state index contributed by atoms with van der Waals surface area (Å²) in [6.07, 6.45) is 3.43. The Labute approximate surface area is 168 Å². The van der Waals surface area contributed by atoms with Crippen LogP contribution in [0.1, 0.15) is 25.1 Å². The minimum Gasteiger partial charge on any atom is -0.347 e. The number of halogens is 2. The topological polar surface area (TPSA) is 86.3 Å². The van der Waals surface area contributed by atoms with Crippen LogP contribution in [-0.4, -0.2) is 48.2 Å². The third-order valence-corrected chi connectivity index (χ3v) is 4.57. The lowest BCUT2D eigenvalue weighted by molar-refractivity contribution is 0.251. The number of hydrogen-bond donors (Lipinski definition) is 2. The predicted octanol–water partition coefficient (Wildman–Crippen LogP) is 3.04. The van der Waals surface area contributed by atoms with Crippen molar-refractivity contribution in [3.05, 3.63) is 34.9 Å². The van der Waals surface area contributed by atoms with Crippen LogP contribution in [-0.2, 0) is 6.54 Å². The third kappa shape index (κ3) is 5.19. The largest absolute Gasteiger partial charge is 0.347 e. The minimum absolute atomic E-state index is 0.0583. The molecule has 1 aliphatic rings. The molecule has 2 N–H and O–H groups in total. The fourth-order valence-corrected chi connectivity index (χ4v) is 3.00. The highest BCUT2D eigenvalue weighted by Gasteiger charge is 2.17. The average Bonchev–Trinajstić information content (AvgIpc) is 2.69. The van der Waals surface area contributed by atoms with E-state index >= 15 is 0 Å². The van der Waals surface area contributed by atoms with Gasteiger partial charge in [-0.15, -0.1) is 0 Å². The molecule has 0 unspecified atom stereocenters. The zero-order chi connectivity index (χ0) is 20.1. The maximum atomic E-state index is 13.2. The molecule has 0 radical (unpaired) electrons. The Morgan fingerprint density at radius 1 is 1.21 bits per heavy atom. The molecule has 1 fully saturated rings. The van der Waals surface area contributed by atoms with Crippen molar-refractivity contribution in [2.24, 2.45) is 0 Å². The fourth-order valence-electron chi connectivity index (χ4n) is 2.82. The number of nitrogens with zero attached hydrogens (tertiary/aromatic N) is 5. The van der Waals surface area contributed by atoms with Crippen molar-refractivity contribution < 1.29 is 9.18 Å². The molecule has 0 spiro atoms. The van der Waals surface area contributed by atoms with Gasteiger partial charge in [0.25, 0.3) is 0 Å². The van der Waals surface area contributed by atoms with Gasteiger partial charge in [0.05, 0.1) is 11.6 Å². The monoisotopic (exact) mass is 407 g/mol. The summed E-state index contributed by atoms with van der Waals surface area (Å²) >= 11 is 5.73. The number of carbonyl (C=O) groups is 1. The van der Waals surface area contributed by atoms with Crippen molar-refractivity contribution in [2.45, 2.75) is 25.8 Å². The summed E-state index contributed by atoms with van der Waals surface area (Å²) in [6.45, 7) is 1.95. The summed E-state index contributed by atoms with van der Waals surface area (Å²) in [7, 11) is 3.72. The van der Waals surface area contributed by atoms with Crippen LogP contribution >= 0.6 is 11.6 Å². The van der Waals surface area contributed by atoms with E-state index < -0.39 is 11.8 Å². The lowest BCUT2D eigenvalue weighted by atomic mass is 10.1. The number of piperidine rings is 1. The number of amides is 2. The number of rotatable bonds is 5. The maximum Gasteiger partial charge on any atom is 0.319 e. The van der Waals surface area contributed by atoms with Gasteiger partial charge in [0.15, 0.2) is 5.82 Å². The van der Waals surface area contributed by atoms with Gasteiger partial charge in [-0.05, 0) is 37.5 Å². The van der Waals surface area contributed by atoms with Crippen LogP contribution in [0.15, 0.2) is 18.2 Å². The number of aromatic nitrogens is 3. The highest BCUT2D eigenvalue weighted by molar-refractivity contribution is 6.31. The summed E-state index contributed by atoms with van der Waals surface area (Å²) in [5, 5.41) is 5.25. The van der Waals surface area contributed by atoms with Gasteiger partial charge in [0, 0.05) is 32.9 Å². The molecule has 2 amide bonds. The number of urea groups is 1. The van der Waals surface area contributed by atoms with Crippen molar-refractivity contribution in [3.8, 4) is 0 Å². The molecule has 0 saturated carbocycles. The molecule has 28 heavy (non-hydrogen) atoms. The molecule has 1 aromatic heterocycles. The summed E-state index contributed by atoms with van der Waals surface area (Å²) in [5.41, 5.74) is 0.391. The van der Waals surface area contributed by atoms with Crippen LogP contribution in [0.2, 0.25) is 5.02 Å². The van der Waals surface area contributed by atoms with E-state index in [2.05, 4.69) is 30.5 Å². The molecule has 2 aromatic rings. The molecule has 1 aromatic carbocycles. The first-order valence-electron chi connectivity index (χ1n) is 9.09. The molecule has 10 heteroatoms. The molecular weight excluding hydrogens is 385 g/mol. The van der Waals surface area contributed by atoms with Crippen LogP contribution in [0.25, 0.3) is 0 Å². The Kier molecular flexibility index (Phi) is 6.45. The second-order valence-corrected chi connectivity index (χ2v) is 7.14. The summed E-state index contributed by atoms with van der Waals surface area (Å²) in [6, 6.07) is 3.51. The van der Waals surface area contributed by atoms with Gasteiger partial charge in [-0.3, -0.25) is 0 Å². The van der Waals surface area contributed by atoms with Gasteiger partial charge in [-0.25, -0.2) is 9.18 Å². The fraction of sp³-hybridized carbons (Fsp3) is 0.444. The van der Waals surface area contributed by atoms with E-state index in [4.69, 9.17) is 11.6 Å². The minimum atomic E-state index is -0.542. The Balaban J connectivity index is 1.67. The van der Waals surface area contributed by atoms with Crippen molar-refractivity contribution in [1.82, 2.24) is 20.3 Å². The molecule has 2 heterocycles. The van der Waals surface area contributed by atoms with Crippen LogP contribution in [0.3, 0.4) is 0 Å². The van der Waals surface area contributed by atoms with E-state index in [-0.39, 0.29) is 11.6 Å². The second-order valence-electron chi connectivity index (χ2n) is 6.73. The van der Waals surface area contributed by atoms with Gasteiger partial charge in [-0.1, -0.05) is 11.6 Å². The number of hydrogen-bond acceptors (Lipinski definition) is 6. The predicted molar refractivity (Wildman–Crippen MR) is 107 cm³/mol. The van der Waals surface area contributed by atoms with Gasteiger partial charge < -0.3 is 20.4 Å². The smallest absolute Gasteiger partial charge is 0.319 e. The number of carbonyl (C=O) groups excluding carboxylic acids is 1. The van der Waals surface area contributed by atoms with Crippen molar-refractivity contribution in [3.63, 3.8) is 0 Å². The van der Waals surface area contributed by atoms with Crippen molar-refractivity contribution in [1.29, 1.82) is 0 Å². The summed E-state index contributed by atoms with van der Waals surface area (Å²) < 4.78 is 13.2. The quantitative estimate of drug-likeness (QED) is 0.792. The van der Waals surface area contributed by atoms with E-state index in [0.717, 1.165) is 25.9 Å². The summed E-state index contributed by atoms with van der Waals surface area (Å²) in [4.78, 5) is 29.5. The maximum absolute atomic E-state index is 13.2. The van der Waals surface area contributed by atoms with E-state index in [1.807, 2.05) is 14.1 Å². The lowest BCUT2D eigenvalue weighted by Gasteiger charge is -2.27. The van der Waals surface area contributed by atoms with E-state index in [9.17, 15) is 9.18 Å². The molecule has 150 valence electrons. The van der Waals surface area contributed by atoms with E-state index in [1.165, 1.54) is 24.6 Å². The Morgan fingerprint density at radius 2 is 1.96 bits per heavy atom. The molecule has 0 atom stereocenters. The zero-order valence-corrected chi connectivity index (χ0v) is 16.6. The van der Waals surface area contributed by atoms with E-state index in [0.29, 0.717) is 23.4 Å². The Morgan fingerprint density at radius 3 is 2.64 bits per heavy atom. The van der Waals surface area contributed by atoms with Crippen LogP contribution in [0, 0.1) is 5.82 Å². The molecular formula is C18H23ClFN7O. The van der Waals surface area contributed by atoms with Gasteiger partial charge in [-0.2, -0.15) is 15.0 Å². The number of anilines is 3. The molecule has 8 nitrogen and oxygen atoms in total. The first kappa shape index (κ1) is 20.1. The average molecular weight is 408 g/mol. The zero-order valence-electron chi connectivity index (χ0n) is 15.9. The SMILES string of the molecule is CN(C)c1nc(CNC(=O)Nc2ccc(F)c(Cl)c2)nc(N2CCCCC2)n1. The standard InChI is InChI=1S/C18H23ClFN7O/c1-26(2)16-23-15(24-17(25-16)27-8-4-3-5-9-27)11-21-18(28)22-12-6-7-14(20)13(19)10-12/h6-7,10H,3-5,8-9,11H2,1-2H3,(H2,21,22,28). The van der Waals surface area contributed by atoms with Crippen molar-refractivity contribution >= 4 is 35.2 Å². The van der Waals surface area contributed by atoms with Gasteiger partial charge >= 0.3 is 6.03 Å². The highest BCUT2D eigenvalue weighted by atomic mass is 35.5. The Bertz CT molecular complexity index is 843. The van der Waals surface area contributed by atoms with Crippen LogP contribution in [0.4, 0.5) is 26.8 Å². The normalized spacial score (nSPS) is 13.9. The first-order valence-corrected chi connectivity index (χ1v) is 9.47. The molecule has 1 saturated heterocycles. The van der Waals surface area contributed by atoms with Crippen LogP contribution in [0.5, 0.6) is 0 Å². The number of nitrogens with one attached hydrogen (secondary N) is 2.